The Bertz CT molecular complexity index is 523. The van der Waals surface area contributed by atoms with Crippen molar-refractivity contribution in [1.29, 1.82) is 0 Å². The molecule has 1 aliphatic rings. The largest absolute Gasteiger partial charge is 0.348 e. The molecule has 0 saturated carbocycles. The Balaban J connectivity index is 1.48. The van der Waals surface area contributed by atoms with Gasteiger partial charge in [0.05, 0.1) is 13.1 Å². The predicted octanol–water partition coefficient (Wildman–Crippen LogP) is 0.855. The molecule has 0 amide bonds. The Hall–Kier alpha value is -1.73. The van der Waals surface area contributed by atoms with E-state index in [2.05, 4.69) is 30.3 Å². The van der Waals surface area contributed by atoms with Gasteiger partial charge in [-0.3, -0.25) is 4.90 Å². The number of likely N-dealkylation sites (tertiary alicyclic amines) is 1. The van der Waals surface area contributed by atoms with Gasteiger partial charge in [0.1, 0.15) is 5.82 Å². The first kappa shape index (κ1) is 13.3. The molecular weight excluding hydrogens is 256 g/mol. The number of H-pyrrole nitrogens is 1. The molecule has 1 unspecified atom stereocenters. The maximum absolute atomic E-state index is 5.01. The Kier molecular flexibility index (Phi) is 4.08. The fourth-order valence-electron chi connectivity index (χ4n) is 2.61. The van der Waals surface area contributed by atoms with E-state index >= 15 is 0 Å². The molecule has 7 nitrogen and oxygen atoms in total. The Morgan fingerprint density at radius 2 is 2.50 bits per heavy atom. The lowest BCUT2D eigenvalue weighted by atomic mass is 10.1. The molecule has 0 aromatic carbocycles. The van der Waals surface area contributed by atoms with Gasteiger partial charge in [0, 0.05) is 31.9 Å². The quantitative estimate of drug-likeness (QED) is 0.842. The molecule has 0 aliphatic carbocycles. The van der Waals surface area contributed by atoms with Crippen LogP contribution in [0.15, 0.2) is 16.9 Å². The molecule has 0 bridgehead atoms. The molecule has 0 spiro atoms. The van der Waals surface area contributed by atoms with Crippen LogP contribution in [0.4, 0.5) is 0 Å². The van der Waals surface area contributed by atoms with Gasteiger partial charge in [-0.15, -0.1) is 0 Å². The molecular formula is C13H20N6O. The molecule has 2 aromatic heterocycles. The molecule has 20 heavy (non-hydrogen) atoms. The van der Waals surface area contributed by atoms with Crippen LogP contribution in [0, 0.1) is 6.92 Å². The van der Waals surface area contributed by atoms with E-state index in [-0.39, 0.29) is 0 Å². The van der Waals surface area contributed by atoms with Crippen LogP contribution in [0.5, 0.6) is 0 Å². The van der Waals surface area contributed by atoms with Crippen molar-refractivity contribution in [3.05, 3.63) is 29.9 Å². The Labute approximate surface area is 117 Å². The van der Waals surface area contributed by atoms with E-state index in [1.165, 1.54) is 12.8 Å². The van der Waals surface area contributed by atoms with Crippen LogP contribution in [0.2, 0.25) is 0 Å². The zero-order valence-corrected chi connectivity index (χ0v) is 11.7. The van der Waals surface area contributed by atoms with Crippen LogP contribution in [0.3, 0.4) is 0 Å². The summed E-state index contributed by atoms with van der Waals surface area (Å²) in [7, 11) is 0. The third-order valence-corrected chi connectivity index (χ3v) is 3.55. The van der Waals surface area contributed by atoms with E-state index in [4.69, 9.17) is 4.52 Å². The van der Waals surface area contributed by atoms with E-state index in [9.17, 15) is 0 Å². The number of aromatic nitrogens is 4. The first-order valence-corrected chi connectivity index (χ1v) is 7.03. The van der Waals surface area contributed by atoms with Crippen molar-refractivity contribution < 1.29 is 4.52 Å². The van der Waals surface area contributed by atoms with Crippen molar-refractivity contribution in [2.45, 2.75) is 38.9 Å². The van der Waals surface area contributed by atoms with Gasteiger partial charge in [0.15, 0.2) is 5.82 Å². The summed E-state index contributed by atoms with van der Waals surface area (Å²) in [6, 6.07) is 0.488. The number of aryl methyl sites for hydroxylation is 1. The summed E-state index contributed by atoms with van der Waals surface area (Å²) in [6.07, 6.45) is 6.01. The van der Waals surface area contributed by atoms with Gasteiger partial charge >= 0.3 is 0 Å². The van der Waals surface area contributed by atoms with E-state index in [1.807, 2.05) is 13.1 Å². The lowest BCUT2D eigenvalue weighted by molar-refractivity contribution is 0.177. The summed E-state index contributed by atoms with van der Waals surface area (Å²) in [4.78, 5) is 14.0. The number of nitrogens with zero attached hydrogens (tertiary/aromatic N) is 4. The van der Waals surface area contributed by atoms with Crippen molar-refractivity contribution in [1.82, 2.24) is 30.3 Å². The Morgan fingerprint density at radius 3 is 3.25 bits per heavy atom. The van der Waals surface area contributed by atoms with Crippen LogP contribution in [0.25, 0.3) is 0 Å². The highest BCUT2D eigenvalue weighted by Crippen LogP contribution is 2.13. The fourth-order valence-corrected chi connectivity index (χ4v) is 2.61. The standard InChI is InChI=1S/C13H20N6O/c1-10-17-13(18-20-10)9-19-6-2-3-11(8-19)16-7-12-14-4-5-15-12/h4-5,11,16H,2-3,6-9H2,1H3,(H,14,15). The van der Waals surface area contributed by atoms with Gasteiger partial charge < -0.3 is 14.8 Å². The third kappa shape index (κ3) is 3.43. The molecule has 3 heterocycles. The summed E-state index contributed by atoms with van der Waals surface area (Å²) in [5.41, 5.74) is 0. The van der Waals surface area contributed by atoms with Gasteiger partial charge in [-0.25, -0.2) is 4.98 Å². The molecule has 2 aromatic rings. The maximum atomic E-state index is 5.01. The normalized spacial score (nSPS) is 20.4. The topological polar surface area (TPSA) is 82.9 Å². The zero-order chi connectivity index (χ0) is 13.8. The fraction of sp³-hybridized carbons (Fsp3) is 0.615. The van der Waals surface area contributed by atoms with Gasteiger partial charge in [0.25, 0.3) is 0 Å². The second kappa shape index (κ2) is 6.15. The van der Waals surface area contributed by atoms with E-state index in [1.54, 1.807) is 6.20 Å². The van der Waals surface area contributed by atoms with Crippen molar-refractivity contribution in [2.24, 2.45) is 0 Å². The highest BCUT2D eigenvalue weighted by atomic mass is 16.5. The summed E-state index contributed by atoms with van der Waals surface area (Å²) in [5, 5.41) is 7.50. The first-order valence-electron chi connectivity index (χ1n) is 7.03. The van der Waals surface area contributed by atoms with Crippen LogP contribution in [0.1, 0.15) is 30.4 Å². The highest BCUT2D eigenvalue weighted by Gasteiger charge is 2.21. The molecule has 1 atom stereocenters. The molecule has 1 saturated heterocycles. The molecule has 108 valence electrons. The van der Waals surface area contributed by atoms with Crippen LogP contribution < -0.4 is 5.32 Å². The predicted molar refractivity (Wildman–Crippen MR) is 72.8 cm³/mol. The van der Waals surface area contributed by atoms with Crippen molar-refractivity contribution in [3.63, 3.8) is 0 Å². The summed E-state index contributed by atoms with van der Waals surface area (Å²) < 4.78 is 5.01. The summed E-state index contributed by atoms with van der Waals surface area (Å²) >= 11 is 0. The second-order valence-corrected chi connectivity index (χ2v) is 5.22. The van der Waals surface area contributed by atoms with Crippen LogP contribution in [-0.4, -0.2) is 44.1 Å². The van der Waals surface area contributed by atoms with E-state index < -0.39 is 0 Å². The minimum atomic E-state index is 0.488. The number of nitrogens with one attached hydrogen (secondary N) is 2. The Morgan fingerprint density at radius 1 is 1.55 bits per heavy atom. The monoisotopic (exact) mass is 276 g/mol. The summed E-state index contributed by atoms with van der Waals surface area (Å²) in [5.74, 6) is 2.38. The number of piperidine rings is 1. The van der Waals surface area contributed by atoms with E-state index in [0.29, 0.717) is 11.9 Å². The summed E-state index contributed by atoms with van der Waals surface area (Å²) in [6.45, 7) is 5.46. The van der Waals surface area contributed by atoms with Crippen molar-refractivity contribution in [3.8, 4) is 0 Å². The molecule has 2 N–H and O–H groups in total. The lowest BCUT2D eigenvalue weighted by Gasteiger charge is -2.32. The highest BCUT2D eigenvalue weighted by molar-refractivity contribution is 4.90. The van der Waals surface area contributed by atoms with Crippen LogP contribution in [-0.2, 0) is 13.1 Å². The second-order valence-electron chi connectivity index (χ2n) is 5.22. The van der Waals surface area contributed by atoms with Crippen molar-refractivity contribution >= 4 is 0 Å². The first-order chi connectivity index (χ1) is 9.79. The molecule has 1 fully saturated rings. The molecule has 1 aliphatic heterocycles. The minimum Gasteiger partial charge on any atom is -0.348 e. The zero-order valence-electron chi connectivity index (χ0n) is 11.7. The SMILES string of the molecule is Cc1nc(CN2CCCC(NCc3ncc[nH]3)C2)no1. The smallest absolute Gasteiger partial charge is 0.223 e. The molecule has 7 heteroatoms. The van der Waals surface area contributed by atoms with Crippen molar-refractivity contribution in [2.75, 3.05) is 13.1 Å². The van der Waals surface area contributed by atoms with E-state index in [0.717, 1.165) is 37.8 Å². The average molecular weight is 276 g/mol. The van der Waals surface area contributed by atoms with Crippen LogP contribution >= 0.6 is 0 Å². The number of imidazole rings is 1. The minimum absolute atomic E-state index is 0.488. The van der Waals surface area contributed by atoms with Gasteiger partial charge in [0.2, 0.25) is 5.89 Å². The maximum Gasteiger partial charge on any atom is 0.223 e. The number of rotatable bonds is 5. The molecule has 3 rings (SSSR count). The van der Waals surface area contributed by atoms with Gasteiger partial charge in [-0.1, -0.05) is 5.16 Å². The van der Waals surface area contributed by atoms with Gasteiger partial charge in [-0.05, 0) is 19.4 Å². The average Bonchev–Trinajstić information content (AvgIpc) is 3.09. The third-order valence-electron chi connectivity index (χ3n) is 3.55. The molecule has 0 radical (unpaired) electrons. The van der Waals surface area contributed by atoms with Gasteiger partial charge in [-0.2, -0.15) is 4.98 Å². The number of aromatic amines is 1. The number of hydrogen-bond acceptors (Lipinski definition) is 6. The lowest BCUT2D eigenvalue weighted by Crippen LogP contribution is -2.45. The number of hydrogen-bond donors (Lipinski definition) is 2.